The molecule has 1 rings (SSSR count). The van der Waals surface area contributed by atoms with Gasteiger partial charge >= 0.3 is 0 Å². The van der Waals surface area contributed by atoms with Crippen LogP contribution >= 0.6 is 0 Å². The van der Waals surface area contributed by atoms with E-state index < -0.39 is 5.60 Å². The first-order chi connectivity index (χ1) is 9.09. The molecule has 1 unspecified atom stereocenters. The monoisotopic (exact) mass is 263 g/mol. The highest BCUT2D eigenvalue weighted by Gasteiger charge is 2.24. The van der Waals surface area contributed by atoms with Gasteiger partial charge in [-0.1, -0.05) is 36.9 Å². The Kier molecular flexibility index (Phi) is 6.25. The quantitative estimate of drug-likeness (QED) is 0.729. The van der Waals surface area contributed by atoms with Gasteiger partial charge in [-0.15, -0.1) is 0 Å². The lowest BCUT2D eigenvalue weighted by Gasteiger charge is -2.28. The molecule has 0 aliphatic rings. The van der Waals surface area contributed by atoms with Gasteiger partial charge in [0, 0.05) is 13.7 Å². The second-order valence-corrected chi connectivity index (χ2v) is 4.55. The van der Waals surface area contributed by atoms with Crippen LogP contribution in [0.5, 0.6) is 0 Å². The highest BCUT2D eigenvalue weighted by molar-refractivity contribution is 5.86. The van der Waals surface area contributed by atoms with Gasteiger partial charge in [-0.05, 0) is 18.6 Å². The molecule has 104 valence electrons. The Bertz CT molecular complexity index is 405. The zero-order chi connectivity index (χ0) is 14.1. The highest BCUT2D eigenvalue weighted by atomic mass is 16.5. The Labute approximate surface area is 114 Å². The van der Waals surface area contributed by atoms with Gasteiger partial charge in [0.25, 0.3) is 0 Å². The SMILES string of the molecule is C=CC(=O)NCC(C)(COCc1ccccc1)OC. The van der Waals surface area contributed by atoms with E-state index in [1.54, 1.807) is 7.11 Å². The Morgan fingerprint density at radius 1 is 1.42 bits per heavy atom. The van der Waals surface area contributed by atoms with Crippen LogP contribution in [0.3, 0.4) is 0 Å². The molecule has 0 aliphatic carbocycles. The van der Waals surface area contributed by atoms with Gasteiger partial charge in [0.2, 0.25) is 5.91 Å². The fraction of sp³-hybridized carbons (Fsp3) is 0.400. The summed E-state index contributed by atoms with van der Waals surface area (Å²) in [6.45, 7) is 6.59. The molecule has 1 atom stereocenters. The van der Waals surface area contributed by atoms with E-state index in [1.807, 2.05) is 37.3 Å². The maximum atomic E-state index is 11.1. The predicted octanol–water partition coefficient (Wildman–Crippen LogP) is 1.91. The molecular formula is C15H21NO3. The fourth-order valence-corrected chi connectivity index (χ4v) is 1.49. The van der Waals surface area contributed by atoms with E-state index in [0.29, 0.717) is 19.8 Å². The summed E-state index contributed by atoms with van der Waals surface area (Å²) in [6.07, 6.45) is 1.24. The van der Waals surface area contributed by atoms with Crippen LogP contribution < -0.4 is 5.32 Å². The molecule has 19 heavy (non-hydrogen) atoms. The summed E-state index contributed by atoms with van der Waals surface area (Å²) in [4.78, 5) is 11.1. The minimum Gasteiger partial charge on any atom is -0.374 e. The number of methoxy groups -OCH3 is 1. The molecule has 0 radical (unpaired) electrons. The number of nitrogens with one attached hydrogen (secondary N) is 1. The van der Waals surface area contributed by atoms with Crippen molar-refractivity contribution in [1.29, 1.82) is 0 Å². The van der Waals surface area contributed by atoms with E-state index >= 15 is 0 Å². The first kappa shape index (κ1) is 15.4. The molecule has 0 aromatic heterocycles. The van der Waals surface area contributed by atoms with E-state index in [-0.39, 0.29) is 5.91 Å². The van der Waals surface area contributed by atoms with Crippen molar-refractivity contribution in [2.75, 3.05) is 20.3 Å². The Hall–Kier alpha value is -1.65. The molecule has 1 N–H and O–H groups in total. The van der Waals surface area contributed by atoms with Crippen LogP contribution in [0.15, 0.2) is 43.0 Å². The van der Waals surface area contributed by atoms with Crippen LogP contribution in [0.25, 0.3) is 0 Å². The van der Waals surface area contributed by atoms with Crippen LogP contribution in [0, 0.1) is 0 Å². The number of carbonyl (C=O) groups excluding carboxylic acids is 1. The molecule has 0 heterocycles. The van der Waals surface area contributed by atoms with Crippen molar-refractivity contribution in [1.82, 2.24) is 5.32 Å². The number of hydrogen-bond acceptors (Lipinski definition) is 3. The average Bonchev–Trinajstić information content (AvgIpc) is 2.46. The number of ether oxygens (including phenoxy) is 2. The third-order valence-electron chi connectivity index (χ3n) is 2.83. The van der Waals surface area contributed by atoms with Crippen molar-refractivity contribution >= 4 is 5.91 Å². The summed E-state index contributed by atoms with van der Waals surface area (Å²) in [5.41, 5.74) is 0.559. The first-order valence-corrected chi connectivity index (χ1v) is 6.17. The van der Waals surface area contributed by atoms with Crippen molar-refractivity contribution in [3.8, 4) is 0 Å². The van der Waals surface area contributed by atoms with E-state index in [4.69, 9.17) is 9.47 Å². The maximum Gasteiger partial charge on any atom is 0.243 e. The molecule has 0 spiro atoms. The molecule has 1 amide bonds. The first-order valence-electron chi connectivity index (χ1n) is 6.17. The second kappa shape index (κ2) is 7.71. The molecule has 4 nitrogen and oxygen atoms in total. The molecule has 0 bridgehead atoms. The molecular weight excluding hydrogens is 242 g/mol. The van der Waals surface area contributed by atoms with Crippen LogP contribution in [-0.4, -0.2) is 31.8 Å². The van der Waals surface area contributed by atoms with Crippen LogP contribution in [0.4, 0.5) is 0 Å². The van der Waals surface area contributed by atoms with Gasteiger partial charge < -0.3 is 14.8 Å². The standard InChI is InChI=1S/C15H21NO3/c1-4-14(17)16-11-15(2,18-3)12-19-10-13-8-6-5-7-9-13/h4-9H,1,10-12H2,2-3H3,(H,16,17). The number of carbonyl (C=O) groups is 1. The Morgan fingerprint density at radius 2 is 2.11 bits per heavy atom. The molecule has 1 aromatic carbocycles. The van der Waals surface area contributed by atoms with Gasteiger partial charge in [0.05, 0.1) is 13.2 Å². The fourth-order valence-electron chi connectivity index (χ4n) is 1.49. The third kappa shape index (κ3) is 5.68. The molecule has 4 heteroatoms. The minimum atomic E-state index is -0.548. The van der Waals surface area contributed by atoms with Gasteiger partial charge in [-0.25, -0.2) is 0 Å². The Morgan fingerprint density at radius 3 is 2.68 bits per heavy atom. The topological polar surface area (TPSA) is 47.6 Å². The lowest BCUT2D eigenvalue weighted by atomic mass is 10.1. The molecule has 0 aliphatic heterocycles. The van der Waals surface area contributed by atoms with Crippen molar-refractivity contribution in [3.63, 3.8) is 0 Å². The molecule has 0 saturated heterocycles. The van der Waals surface area contributed by atoms with E-state index in [0.717, 1.165) is 5.56 Å². The lowest BCUT2D eigenvalue weighted by Crippen LogP contribution is -2.45. The number of benzene rings is 1. The van der Waals surface area contributed by atoms with Gasteiger partial charge in [0.1, 0.15) is 5.60 Å². The Balaban J connectivity index is 2.38. The van der Waals surface area contributed by atoms with Crippen molar-refractivity contribution in [3.05, 3.63) is 48.6 Å². The second-order valence-electron chi connectivity index (χ2n) is 4.55. The minimum absolute atomic E-state index is 0.216. The smallest absolute Gasteiger partial charge is 0.243 e. The maximum absolute atomic E-state index is 11.1. The van der Waals surface area contributed by atoms with Crippen molar-refractivity contribution in [2.45, 2.75) is 19.1 Å². The van der Waals surface area contributed by atoms with Crippen LogP contribution in [-0.2, 0) is 20.9 Å². The predicted molar refractivity (Wildman–Crippen MR) is 74.7 cm³/mol. The number of amides is 1. The summed E-state index contributed by atoms with van der Waals surface area (Å²) in [6, 6.07) is 9.91. The third-order valence-corrected chi connectivity index (χ3v) is 2.83. The zero-order valence-electron chi connectivity index (χ0n) is 11.5. The molecule has 0 saturated carbocycles. The summed E-state index contributed by atoms with van der Waals surface area (Å²) in [7, 11) is 1.60. The largest absolute Gasteiger partial charge is 0.374 e. The van der Waals surface area contributed by atoms with Crippen LogP contribution in [0.2, 0.25) is 0 Å². The van der Waals surface area contributed by atoms with E-state index in [1.165, 1.54) is 6.08 Å². The van der Waals surface area contributed by atoms with Gasteiger partial charge in [-0.2, -0.15) is 0 Å². The van der Waals surface area contributed by atoms with Gasteiger partial charge in [-0.3, -0.25) is 4.79 Å². The van der Waals surface area contributed by atoms with Crippen LogP contribution in [0.1, 0.15) is 12.5 Å². The normalized spacial score (nSPS) is 13.6. The molecule has 0 fully saturated rings. The lowest BCUT2D eigenvalue weighted by molar-refractivity contribution is -0.119. The van der Waals surface area contributed by atoms with E-state index in [2.05, 4.69) is 11.9 Å². The van der Waals surface area contributed by atoms with E-state index in [9.17, 15) is 4.79 Å². The number of hydrogen-bond donors (Lipinski definition) is 1. The summed E-state index contributed by atoms with van der Waals surface area (Å²) >= 11 is 0. The van der Waals surface area contributed by atoms with Crippen molar-refractivity contribution in [2.24, 2.45) is 0 Å². The van der Waals surface area contributed by atoms with Crippen molar-refractivity contribution < 1.29 is 14.3 Å². The molecule has 1 aromatic rings. The number of rotatable bonds is 8. The van der Waals surface area contributed by atoms with Gasteiger partial charge in [0.15, 0.2) is 0 Å². The average molecular weight is 263 g/mol. The zero-order valence-corrected chi connectivity index (χ0v) is 11.5. The highest BCUT2D eigenvalue weighted by Crippen LogP contribution is 2.10. The summed E-state index contributed by atoms with van der Waals surface area (Å²) in [5, 5.41) is 2.71. The summed E-state index contributed by atoms with van der Waals surface area (Å²) in [5.74, 6) is -0.216. The summed E-state index contributed by atoms with van der Waals surface area (Å²) < 4.78 is 11.0.